The van der Waals surface area contributed by atoms with E-state index in [1.54, 1.807) is 17.9 Å². The maximum Gasteiger partial charge on any atom is 0.270 e. The van der Waals surface area contributed by atoms with Gasteiger partial charge in [-0.3, -0.25) is 19.0 Å². The van der Waals surface area contributed by atoms with Crippen LogP contribution in [0.1, 0.15) is 68.6 Å². The highest BCUT2D eigenvalue weighted by molar-refractivity contribution is 5.97. The van der Waals surface area contributed by atoms with Crippen molar-refractivity contribution in [3.63, 3.8) is 0 Å². The predicted octanol–water partition coefficient (Wildman–Crippen LogP) is 2.10. The molecule has 0 spiro atoms. The lowest BCUT2D eigenvalue weighted by Crippen LogP contribution is -2.47. The highest BCUT2D eigenvalue weighted by atomic mass is 16.5. The second-order valence-electron chi connectivity index (χ2n) is 10.6. The zero-order valence-corrected chi connectivity index (χ0v) is 21.1. The van der Waals surface area contributed by atoms with Crippen LogP contribution >= 0.6 is 0 Å². The molecular weight excluding hydrogens is 450 g/mol. The van der Waals surface area contributed by atoms with Crippen molar-refractivity contribution < 1.29 is 19.4 Å². The number of hydrogen-bond donors (Lipinski definition) is 2. The fourth-order valence-electron chi connectivity index (χ4n) is 4.40. The number of nitrogens with one attached hydrogen (secondary N) is 1. The maximum absolute atomic E-state index is 13.5. The fraction of sp³-hybridized carbons (Fsp3) is 0.600. The molecule has 1 unspecified atom stereocenters. The van der Waals surface area contributed by atoms with E-state index in [0.717, 1.165) is 19.3 Å². The molecule has 4 rings (SSSR count). The average molecular weight is 486 g/mol. The number of aromatic nitrogens is 3. The third-order valence-electron chi connectivity index (χ3n) is 6.37. The average Bonchev–Trinajstić information content (AvgIpc) is 3.54. The van der Waals surface area contributed by atoms with E-state index in [1.165, 1.54) is 15.2 Å². The van der Waals surface area contributed by atoms with E-state index in [1.807, 2.05) is 27.7 Å². The minimum atomic E-state index is -0.599. The third-order valence-corrected chi connectivity index (χ3v) is 6.37. The SMILES string of the molecule is CCC1COCCN1C(=O)C=Cc1c(C)nn2c(O)c(C(=O)NC3CC3)c(=O)n(CC(C)(C)C)c12. The van der Waals surface area contributed by atoms with Gasteiger partial charge in [-0.1, -0.05) is 27.7 Å². The number of carbonyl (C=O) groups is 2. The van der Waals surface area contributed by atoms with Crippen LogP contribution in [0.15, 0.2) is 10.9 Å². The van der Waals surface area contributed by atoms with Crippen LogP contribution in [-0.2, 0) is 16.1 Å². The molecule has 2 fully saturated rings. The first-order chi connectivity index (χ1) is 16.5. The number of morpholine rings is 1. The van der Waals surface area contributed by atoms with Gasteiger partial charge in [0.1, 0.15) is 5.65 Å². The van der Waals surface area contributed by atoms with E-state index in [9.17, 15) is 19.5 Å². The van der Waals surface area contributed by atoms with Crippen molar-refractivity contribution in [1.29, 1.82) is 0 Å². The Labute approximate surface area is 204 Å². The summed E-state index contributed by atoms with van der Waals surface area (Å²) in [6.45, 7) is 11.5. The van der Waals surface area contributed by atoms with Crippen molar-refractivity contribution in [3.8, 4) is 5.88 Å². The minimum absolute atomic E-state index is 0.0153. The number of nitrogens with zero attached hydrogens (tertiary/aromatic N) is 4. The van der Waals surface area contributed by atoms with Crippen LogP contribution < -0.4 is 10.9 Å². The first kappa shape index (κ1) is 25.0. The fourth-order valence-corrected chi connectivity index (χ4v) is 4.40. The normalized spacial score (nSPS) is 19.0. The second kappa shape index (κ2) is 9.49. The quantitative estimate of drug-likeness (QED) is 0.605. The Morgan fingerprint density at radius 1 is 1.29 bits per heavy atom. The van der Waals surface area contributed by atoms with Gasteiger partial charge in [-0.2, -0.15) is 9.61 Å². The largest absolute Gasteiger partial charge is 0.492 e. The standard InChI is InChI=1S/C25H35N5O5/c1-6-17-13-35-12-11-28(17)19(31)10-9-18-15(2)27-30-22(18)29(14-25(3,4)5)23(33)20(24(30)34)21(32)26-16-7-8-16/h9-10,16-17,34H,6-8,11-14H2,1-5H3,(H,26,32). The summed E-state index contributed by atoms with van der Waals surface area (Å²) in [7, 11) is 0. The van der Waals surface area contributed by atoms with Crippen molar-refractivity contribution in [3.05, 3.63) is 33.3 Å². The number of aromatic hydroxyl groups is 1. The molecular formula is C25H35N5O5. The number of rotatable bonds is 6. The molecule has 0 aromatic carbocycles. The first-order valence-electron chi connectivity index (χ1n) is 12.2. The second-order valence-corrected chi connectivity index (χ2v) is 10.6. The van der Waals surface area contributed by atoms with Gasteiger partial charge in [0.15, 0.2) is 5.56 Å². The van der Waals surface area contributed by atoms with Crippen molar-refractivity contribution in [1.82, 2.24) is 24.4 Å². The number of carbonyl (C=O) groups excluding carboxylic acids is 2. The monoisotopic (exact) mass is 485 g/mol. The third kappa shape index (κ3) is 5.12. The van der Waals surface area contributed by atoms with E-state index in [4.69, 9.17) is 4.74 Å². The molecule has 0 radical (unpaired) electrons. The van der Waals surface area contributed by atoms with E-state index >= 15 is 0 Å². The molecule has 190 valence electrons. The molecule has 2 amide bonds. The number of hydrogen-bond acceptors (Lipinski definition) is 6. The Balaban J connectivity index is 1.81. The molecule has 1 saturated carbocycles. The van der Waals surface area contributed by atoms with Crippen LogP contribution in [0.3, 0.4) is 0 Å². The number of ether oxygens (including phenoxy) is 1. The minimum Gasteiger partial charge on any atom is -0.492 e. The van der Waals surface area contributed by atoms with E-state index in [-0.39, 0.29) is 29.0 Å². The molecule has 2 N–H and O–H groups in total. The summed E-state index contributed by atoms with van der Waals surface area (Å²) >= 11 is 0. The van der Waals surface area contributed by atoms with E-state index < -0.39 is 17.3 Å². The highest BCUT2D eigenvalue weighted by Crippen LogP contribution is 2.27. The first-order valence-corrected chi connectivity index (χ1v) is 12.2. The number of aryl methyl sites for hydroxylation is 1. The van der Waals surface area contributed by atoms with Gasteiger partial charge in [-0.15, -0.1) is 0 Å². The highest BCUT2D eigenvalue weighted by Gasteiger charge is 2.31. The summed E-state index contributed by atoms with van der Waals surface area (Å²) in [4.78, 5) is 41.2. The van der Waals surface area contributed by atoms with Gasteiger partial charge in [0.25, 0.3) is 11.5 Å². The molecule has 10 nitrogen and oxygen atoms in total. The Morgan fingerprint density at radius 3 is 2.63 bits per heavy atom. The van der Waals surface area contributed by atoms with Crippen molar-refractivity contribution in [2.75, 3.05) is 19.8 Å². The van der Waals surface area contributed by atoms with Crippen LogP contribution in [0, 0.1) is 12.3 Å². The zero-order valence-electron chi connectivity index (χ0n) is 21.1. The van der Waals surface area contributed by atoms with Gasteiger partial charge < -0.3 is 20.1 Å². The van der Waals surface area contributed by atoms with Gasteiger partial charge in [0.2, 0.25) is 11.8 Å². The topological polar surface area (TPSA) is 118 Å². The molecule has 1 saturated heterocycles. The van der Waals surface area contributed by atoms with Crippen LogP contribution in [0.5, 0.6) is 5.88 Å². The van der Waals surface area contributed by atoms with Gasteiger partial charge in [-0.05, 0) is 37.7 Å². The van der Waals surface area contributed by atoms with Crippen molar-refractivity contribution in [2.24, 2.45) is 5.41 Å². The predicted molar refractivity (Wildman–Crippen MR) is 131 cm³/mol. The summed E-state index contributed by atoms with van der Waals surface area (Å²) in [6, 6.07) is 0.0469. The lowest BCUT2D eigenvalue weighted by Gasteiger charge is -2.34. The lowest BCUT2D eigenvalue weighted by molar-refractivity contribution is -0.134. The smallest absolute Gasteiger partial charge is 0.270 e. The van der Waals surface area contributed by atoms with Crippen LogP contribution in [0.2, 0.25) is 0 Å². The summed E-state index contributed by atoms with van der Waals surface area (Å²) in [5.41, 5.74) is 0.222. The van der Waals surface area contributed by atoms with Crippen molar-refractivity contribution >= 4 is 23.5 Å². The number of amides is 2. The molecule has 1 atom stereocenters. The van der Waals surface area contributed by atoms with Crippen LogP contribution in [-0.4, -0.2) is 67.8 Å². The molecule has 0 bridgehead atoms. The summed E-state index contributed by atoms with van der Waals surface area (Å²) < 4.78 is 8.21. The lowest BCUT2D eigenvalue weighted by atomic mass is 9.96. The summed E-state index contributed by atoms with van der Waals surface area (Å²) in [5.74, 6) is -1.24. The molecule has 1 aliphatic carbocycles. The van der Waals surface area contributed by atoms with Gasteiger partial charge in [0, 0.05) is 30.8 Å². The van der Waals surface area contributed by atoms with Gasteiger partial charge in [-0.25, -0.2) is 0 Å². The van der Waals surface area contributed by atoms with Gasteiger partial charge in [0.05, 0.1) is 24.9 Å². The molecule has 1 aliphatic heterocycles. The Morgan fingerprint density at radius 2 is 2.00 bits per heavy atom. The molecule has 35 heavy (non-hydrogen) atoms. The maximum atomic E-state index is 13.5. The molecule has 2 aromatic rings. The van der Waals surface area contributed by atoms with E-state index in [0.29, 0.717) is 43.2 Å². The van der Waals surface area contributed by atoms with Crippen LogP contribution in [0.25, 0.3) is 11.7 Å². The Hall–Kier alpha value is -3.14. The summed E-state index contributed by atoms with van der Waals surface area (Å²) in [5, 5.41) is 18.2. The summed E-state index contributed by atoms with van der Waals surface area (Å²) in [6.07, 6.45) is 5.63. The van der Waals surface area contributed by atoms with Crippen molar-refractivity contribution in [2.45, 2.75) is 72.5 Å². The van der Waals surface area contributed by atoms with E-state index in [2.05, 4.69) is 10.4 Å². The van der Waals surface area contributed by atoms with Crippen LogP contribution in [0.4, 0.5) is 0 Å². The Bertz CT molecular complexity index is 1230. The molecule has 3 heterocycles. The molecule has 2 aliphatic rings. The Kier molecular flexibility index (Phi) is 6.77. The van der Waals surface area contributed by atoms with Gasteiger partial charge >= 0.3 is 0 Å². The molecule has 2 aromatic heterocycles. The molecule has 10 heteroatoms. The number of fused-ring (bicyclic) bond motifs is 1. The zero-order chi connectivity index (χ0) is 25.5.